The van der Waals surface area contributed by atoms with Crippen molar-refractivity contribution in [1.29, 1.82) is 0 Å². The molecule has 1 aliphatic carbocycles. The summed E-state index contributed by atoms with van der Waals surface area (Å²) in [7, 11) is 0. The zero-order valence-corrected chi connectivity index (χ0v) is 15.8. The normalized spacial score (nSPS) is 21.5. The number of imidazole rings is 1. The van der Waals surface area contributed by atoms with Gasteiger partial charge in [-0.05, 0) is 42.0 Å². The van der Waals surface area contributed by atoms with Crippen molar-refractivity contribution in [2.45, 2.75) is 39.2 Å². The zero-order chi connectivity index (χ0) is 17.8. The first-order chi connectivity index (χ1) is 11.9. The van der Waals surface area contributed by atoms with Crippen LogP contribution in [0.25, 0.3) is 0 Å². The Kier molecular flexibility index (Phi) is 3.89. The van der Waals surface area contributed by atoms with Gasteiger partial charge in [0.15, 0.2) is 0 Å². The molecule has 1 fully saturated rings. The minimum atomic E-state index is 0.110. The summed E-state index contributed by atoms with van der Waals surface area (Å²) in [5, 5.41) is 5.49. The number of aromatic nitrogens is 5. The highest BCUT2D eigenvalue weighted by Gasteiger charge is 2.60. The van der Waals surface area contributed by atoms with Crippen LogP contribution in [0.1, 0.15) is 48.5 Å². The highest BCUT2D eigenvalue weighted by atomic mass is 35.5. The second-order valence-electron chi connectivity index (χ2n) is 7.27. The largest absolute Gasteiger partial charge is 0.344 e. The van der Waals surface area contributed by atoms with Crippen LogP contribution in [-0.2, 0) is 6.54 Å². The number of halogens is 2. The number of hydrogen-bond donors (Lipinski definition) is 1. The van der Waals surface area contributed by atoms with Gasteiger partial charge < -0.3 is 4.98 Å². The Balaban J connectivity index is 1.64. The van der Waals surface area contributed by atoms with Crippen molar-refractivity contribution in [3.63, 3.8) is 0 Å². The highest BCUT2D eigenvalue weighted by molar-refractivity contribution is 6.34. The second-order valence-corrected chi connectivity index (χ2v) is 8.14. The number of nitrogens with zero attached hydrogens (tertiary/aromatic N) is 4. The van der Waals surface area contributed by atoms with Gasteiger partial charge >= 0.3 is 0 Å². The van der Waals surface area contributed by atoms with Gasteiger partial charge in [0, 0.05) is 21.7 Å². The first kappa shape index (κ1) is 16.6. The predicted octanol–water partition coefficient (Wildman–Crippen LogP) is 4.57. The molecule has 7 heteroatoms. The van der Waals surface area contributed by atoms with Gasteiger partial charge in [0.1, 0.15) is 25.0 Å². The van der Waals surface area contributed by atoms with Crippen molar-refractivity contribution < 1.29 is 0 Å². The predicted molar refractivity (Wildman–Crippen MR) is 98.2 cm³/mol. The molecule has 0 aliphatic heterocycles. The highest BCUT2D eigenvalue weighted by Crippen LogP contribution is 2.70. The molecule has 1 aromatic carbocycles. The van der Waals surface area contributed by atoms with Gasteiger partial charge in [-0.2, -0.15) is 5.10 Å². The monoisotopic (exact) mass is 375 g/mol. The number of rotatable bonds is 4. The Bertz CT molecular complexity index is 893. The molecule has 4 rings (SSSR count). The molecule has 0 radical (unpaired) electrons. The van der Waals surface area contributed by atoms with Crippen molar-refractivity contribution >= 4 is 23.2 Å². The molecule has 1 saturated carbocycles. The summed E-state index contributed by atoms with van der Waals surface area (Å²) < 4.78 is 1.76. The van der Waals surface area contributed by atoms with E-state index < -0.39 is 0 Å². The summed E-state index contributed by atoms with van der Waals surface area (Å²) in [5.74, 6) is 1.58. The van der Waals surface area contributed by atoms with E-state index in [-0.39, 0.29) is 5.41 Å². The number of hydrogen-bond acceptors (Lipinski definition) is 3. The molecule has 130 valence electrons. The van der Waals surface area contributed by atoms with Crippen LogP contribution in [0.15, 0.2) is 30.9 Å². The summed E-state index contributed by atoms with van der Waals surface area (Å²) >= 11 is 12.4. The molecule has 1 aliphatic rings. The van der Waals surface area contributed by atoms with E-state index in [9.17, 15) is 0 Å². The number of aromatic amines is 1. The summed E-state index contributed by atoms with van der Waals surface area (Å²) in [6.45, 7) is 7.19. The maximum Gasteiger partial charge on any atom is 0.137 e. The van der Waals surface area contributed by atoms with E-state index in [1.54, 1.807) is 17.1 Å². The summed E-state index contributed by atoms with van der Waals surface area (Å²) in [5.41, 5.74) is 3.50. The van der Waals surface area contributed by atoms with Gasteiger partial charge in [-0.15, -0.1) is 0 Å². The fraction of sp³-hybridized carbons (Fsp3) is 0.389. The second kappa shape index (κ2) is 5.85. The van der Waals surface area contributed by atoms with Crippen LogP contribution in [0, 0.1) is 12.3 Å². The molecular weight excluding hydrogens is 357 g/mol. The smallest absolute Gasteiger partial charge is 0.137 e. The molecule has 3 aromatic rings. The summed E-state index contributed by atoms with van der Waals surface area (Å²) in [6.07, 6.45) is 3.22. The van der Waals surface area contributed by atoms with Crippen LogP contribution in [0.2, 0.25) is 10.0 Å². The van der Waals surface area contributed by atoms with E-state index in [1.165, 1.54) is 11.9 Å². The van der Waals surface area contributed by atoms with Crippen LogP contribution < -0.4 is 0 Å². The number of aryl methyl sites for hydroxylation is 1. The van der Waals surface area contributed by atoms with Gasteiger partial charge in [-0.25, -0.2) is 14.6 Å². The third kappa shape index (κ3) is 2.96. The van der Waals surface area contributed by atoms with E-state index in [2.05, 4.69) is 35.8 Å². The first-order valence-electron chi connectivity index (χ1n) is 8.20. The Morgan fingerprint density at radius 1 is 1.16 bits per heavy atom. The molecule has 0 amide bonds. The fourth-order valence-corrected chi connectivity index (χ4v) is 4.45. The van der Waals surface area contributed by atoms with Crippen molar-refractivity contribution in [3.8, 4) is 0 Å². The molecular formula is C18H19Cl2N5. The molecule has 0 bridgehead atoms. The third-order valence-corrected chi connectivity index (χ3v) is 5.55. The van der Waals surface area contributed by atoms with Crippen LogP contribution in [0.4, 0.5) is 0 Å². The average molecular weight is 376 g/mol. The molecule has 0 unspecified atom stereocenters. The third-order valence-electron chi connectivity index (χ3n) is 5.12. The minimum absolute atomic E-state index is 0.110. The molecule has 5 nitrogen and oxygen atoms in total. The standard InChI is InChI=1S/C18H19Cl2N5/c1-10-17(24-14(23-10)7-25-9-21-8-22-25)16-15(18(16,2)3)11-4-12(19)6-13(20)5-11/h4-6,8-9,15-16H,7H2,1-3H3,(H,23,24)/t15-,16+/m1/s1. The van der Waals surface area contributed by atoms with Gasteiger partial charge in [-0.3, -0.25) is 0 Å². The van der Waals surface area contributed by atoms with E-state index in [0.717, 1.165) is 17.2 Å². The van der Waals surface area contributed by atoms with Crippen molar-refractivity contribution in [1.82, 2.24) is 24.7 Å². The van der Waals surface area contributed by atoms with Gasteiger partial charge in [0.05, 0.1) is 5.69 Å². The molecule has 0 spiro atoms. The van der Waals surface area contributed by atoms with E-state index in [1.807, 2.05) is 12.1 Å². The van der Waals surface area contributed by atoms with Crippen molar-refractivity contribution in [2.24, 2.45) is 5.41 Å². The molecule has 0 saturated heterocycles. The number of H-pyrrole nitrogens is 1. The Morgan fingerprint density at radius 2 is 1.88 bits per heavy atom. The first-order valence-corrected chi connectivity index (χ1v) is 8.95. The lowest BCUT2D eigenvalue weighted by Crippen LogP contribution is -2.01. The maximum atomic E-state index is 6.20. The van der Waals surface area contributed by atoms with Gasteiger partial charge in [-0.1, -0.05) is 37.0 Å². The Morgan fingerprint density at radius 3 is 2.52 bits per heavy atom. The van der Waals surface area contributed by atoms with Crippen molar-refractivity contribution in [3.05, 3.63) is 63.7 Å². The molecule has 2 heterocycles. The molecule has 25 heavy (non-hydrogen) atoms. The topological polar surface area (TPSA) is 59.4 Å². The minimum Gasteiger partial charge on any atom is -0.344 e. The van der Waals surface area contributed by atoms with Crippen LogP contribution >= 0.6 is 23.2 Å². The van der Waals surface area contributed by atoms with E-state index >= 15 is 0 Å². The lowest BCUT2D eigenvalue weighted by Gasteiger charge is -2.04. The summed E-state index contributed by atoms with van der Waals surface area (Å²) in [4.78, 5) is 12.2. The number of benzene rings is 1. The SMILES string of the molecule is Cc1[nH]c(Cn2cncn2)nc1[C@@H]1[C@@H](c2cc(Cl)cc(Cl)c2)C1(C)C. The van der Waals surface area contributed by atoms with Crippen LogP contribution in [0.3, 0.4) is 0 Å². The van der Waals surface area contributed by atoms with E-state index in [0.29, 0.717) is 28.4 Å². The molecule has 2 atom stereocenters. The maximum absolute atomic E-state index is 6.20. The van der Waals surface area contributed by atoms with Crippen LogP contribution in [0.5, 0.6) is 0 Å². The number of nitrogens with one attached hydrogen (secondary N) is 1. The van der Waals surface area contributed by atoms with Crippen molar-refractivity contribution in [2.75, 3.05) is 0 Å². The summed E-state index contributed by atoms with van der Waals surface area (Å²) in [6, 6.07) is 5.79. The van der Waals surface area contributed by atoms with Gasteiger partial charge in [0.2, 0.25) is 0 Å². The van der Waals surface area contributed by atoms with Gasteiger partial charge in [0.25, 0.3) is 0 Å². The molecule has 2 aromatic heterocycles. The fourth-order valence-electron chi connectivity index (χ4n) is 3.91. The molecule has 1 N–H and O–H groups in total. The van der Waals surface area contributed by atoms with E-state index in [4.69, 9.17) is 28.2 Å². The zero-order valence-electron chi connectivity index (χ0n) is 14.3. The Labute approximate surface area is 156 Å². The lowest BCUT2D eigenvalue weighted by atomic mass is 10.0. The quantitative estimate of drug-likeness (QED) is 0.726. The van der Waals surface area contributed by atoms with Crippen LogP contribution in [-0.4, -0.2) is 24.7 Å². The Hall–Kier alpha value is -1.85. The lowest BCUT2D eigenvalue weighted by molar-refractivity contribution is 0.596. The average Bonchev–Trinajstić information content (AvgIpc) is 2.88.